The van der Waals surface area contributed by atoms with E-state index in [2.05, 4.69) is 5.32 Å². The Morgan fingerprint density at radius 2 is 1.85 bits per heavy atom. The van der Waals surface area contributed by atoms with Gasteiger partial charge in [-0.3, -0.25) is 0 Å². The van der Waals surface area contributed by atoms with Crippen LogP contribution in [0, 0.1) is 0 Å². The number of ether oxygens (including phenoxy) is 1. The van der Waals surface area contributed by atoms with Gasteiger partial charge < -0.3 is 15.2 Å². The maximum atomic E-state index is 9.76. The normalized spacial score (nSPS) is 17.2. The molecule has 0 spiro atoms. The molecule has 1 rings (SSSR count). The van der Waals surface area contributed by atoms with E-state index < -0.39 is 10.3 Å². The third-order valence-corrected chi connectivity index (χ3v) is 1.55. The number of alkyl halides is 2. The number of carboxylic acid groups (broad SMARTS) is 1. The second-order valence-electron chi connectivity index (χ2n) is 2.56. The second-order valence-corrected chi connectivity index (χ2v) is 4.26. The lowest BCUT2D eigenvalue weighted by Gasteiger charge is -2.10. The second kappa shape index (κ2) is 6.43. The molecule has 0 aliphatic carbocycles. The average Bonchev–Trinajstić information content (AvgIpc) is 2.07. The fourth-order valence-electron chi connectivity index (χ4n) is 0.516. The van der Waals surface area contributed by atoms with E-state index in [4.69, 9.17) is 33.0 Å². The number of hydrogen-bond acceptors (Lipinski definition) is 3. The van der Waals surface area contributed by atoms with Gasteiger partial charge in [-0.15, -0.1) is 0 Å². The van der Waals surface area contributed by atoms with Crippen LogP contribution in [-0.4, -0.2) is 41.7 Å². The minimum Gasteiger partial charge on any atom is -0.479 e. The summed E-state index contributed by atoms with van der Waals surface area (Å²) in [7, 11) is 0. The molecule has 1 fully saturated rings. The fraction of sp³-hybridized carbons (Fsp3) is 0.857. The topological polar surface area (TPSA) is 58.6 Å². The van der Waals surface area contributed by atoms with Crippen molar-refractivity contribution >= 4 is 29.2 Å². The quantitative estimate of drug-likeness (QED) is 0.656. The first-order valence-electron chi connectivity index (χ1n) is 3.84. The van der Waals surface area contributed by atoms with Crippen LogP contribution in [-0.2, 0) is 9.53 Å². The van der Waals surface area contributed by atoms with Gasteiger partial charge in [-0.1, -0.05) is 23.2 Å². The van der Waals surface area contributed by atoms with E-state index >= 15 is 0 Å². The van der Waals surface area contributed by atoms with Crippen molar-refractivity contribution in [1.82, 2.24) is 5.32 Å². The molecule has 0 atom stereocenters. The number of morpholine rings is 1. The number of rotatable bonds is 1. The molecule has 0 aromatic heterocycles. The molecule has 1 saturated heterocycles. The molecule has 0 radical (unpaired) electrons. The molecule has 0 aromatic rings. The van der Waals surface area contributed by atoms with E-state index in [0.29, 0.717) is 0 Å². The lowest BCUT2D eigenvalue weighted by Crippen LogP contribution is -2.30. The molecule has 13 heavy (non-hydrogen) atoms. The van der Waals surface area contributed by atoms with E-state index in [1.54, 1.807) is 0 Å². The lowest BCUT2D eigenvalue weighted by atomic mass is 10.5. The number of hydrogen-bond donors (Lipinski definition) is 2. The number of carbonyl (C=O) groups is 1. The zero-order valence-corrected chi connectivity index (χ0v) is 8.86. The lowest BCUT2D eigenvalue weighted by molar-refractivity contribution is -0.137. The van der Waals surface area contributed by atoms with Crippen LogP contribution in [0.25, 0.3) is 0 Å². The highest BCUT2D eigenvalue weighted by molar-refractivity contribution is 6.56. The van der Waals surface area contributed by atoms with Gasteiger partial charge in [-0.25, -0.2) is 4.79 Å². The Morgan fingerprint density at radius 1 is 1.46 bits per heavy atom. The van der Waals surface area contributed by atoms with Crippen LogP contribution in [0.1, 0.15) is 6.92 Å². The van der Waals surface area contributed by atoms with Gasteiger partial charge in [0.05, 0.1) is 13.2 Å². The zero-order chi connectivity index (χ0) is 10.3. The van der Waals surface area contributed by atoms with Crippen molar-refractivity contribution in [1.29, 1.82) is 0 Å². The molecule has 1 aliphatic heterocycles. The average molecular weight is 230 g/mol. The van der Waals surface area contributed by atoms with E-state index in [-0.39, 0.29) is 0 Å². The van der Waals surface area contributed by atoms with Crippen molar-refractivity contribution < 1.29 is 14.6 Å². The maximum absolute atomic E-state index is 9.76. The van der Waals surface area contributed by atoms with Gasteiger partial charge in [-0.05, 0) is 6.92 Å². The van der Waals surface area contributed by atoms with Crippen LogP contribution >= 0.6 is 23.2 Å². The van der Waals surface area contributed by atoms with Crippen molar-refractivity contribution in [3.05, 3.63) is 0 Å². The van der Waals surface area contributed by atoms with Crippen LogP contribution in [0.15, 0.2) is 0 Å². The monoisotopic (exact) mass is 229 g/mol. The molecule has 1 aliphatic rings. The number of aliphatic carboxylic acids is 1. The predicted molar refractivity (Wildman–Crippen MR) is 51.4 cm³/mol. The summed E-state index contributed by atoms with van der Waals surface area (Å²) in [5.41, 5.74) is 0. The highest BCUT2D eigenvalue weighted by atomic mass is 35.5. The number of carboxylic acids is 1. The molecular formula is C7H13Cl2NO3. The Bertz CT molecular complexity index is 143. The first-order chi connectivity index (χ1) is 5.94. The van der Waals surface area contributed by atoms with Crippen LogP contribution in [0.2, 0.25) is 0 Å². The molecule has 2 N–H and O–H groups in total. The highest BCUT2D eigenvalue weighted by Crippen LogP contribution is 2.18. The summed E-state index contributed by atoms with van der Waals surface area (Å²) in [4.78, 5) is 9.76. The SMILES string of the molecule is C1COCCN1.CC(Cl)(Cl)C(=O)O. The standard InChI is InChI=1S/C4H9NO.C3H4Cl2O2/c1-3-6-4-2-5-1;1-3(4,5)2(6)7/h5H,1-4H2;1H3,(H,6,7). The molecule has 6 heteroatoms. The Labute approximate surface area is 87.2 Å². The summed E-state index contributed by atoms with van der Waals surface area (Å²) >= 11 is 10.1. The van der Waals surface area contributed by atoms with Crippen LogP contribution in [0.4, 0.5) is 0 Å². The van der Waals surface area contributed by atoms with Gasteiger partial charge in [0.25, 0.3) is 0 Å². The fourth-order valence-corrected chi connectivity index (χ4v) is 0.516. The maximum Gasteiger partial charge on any atom is 0.339 e. The van der Waals surface area contributed by atoms with Crippen molar-refractivity contribution in [2.24, 2.45) is 0 Å². The minimum atomic E-state index is -1.64. The molecule has 4 nitrogen and oxygen atoms in total. The molecule has 0 bridgehead atoms. The Morgan fingerprint density at radius 3 is 1.92 bits per heavy atom. The van der Waals surface area contributed by atoms with Crippen molar-refractivity contribution in [3.63, 3.8) is 0 Å². The molecule has 0 aromatic carbocycles. The molecule has 0 amide bonds. The number of halogens is 2. The first-order valence-corrected chi connectivity index (χ1v) is 4.60. The Hall–Kier alpha value is -0.0300. The summed E-state index contributed by atoms with van der Waals surface area (Å²) in [6, 6.07) is 0. The molecule has 78 valence electrons. The highest BCUT2D eigenvalue weighted by Gasteiger charge is 2.25. The summed E-state index contributed by atoms with van der Waals surface area (Å²) in [5.74, 6) is -1.23. The predicted octanol–water partition coefficient (Wildman–Crippen LogP) is 0.871. The minimum absolute atomic E-state index is 0.889. The summed E-state index contributed by atoms with van der Waals surface area (Å²) in [6.45, 7) is 5.03. The van der Waals surface area contributed by atoms with Crippen LogP contribution in [0.3, 0.4) is 0 Å². The zero-order valence-electron chi connectivity index (χ0n) is 7.35. The summed E-state index contributed by atoms with van der Waals surface area (Å²) < 4.78 is 3.37. The van der Waals surface area contributed by atoms with Gasteiger partial charge in [0.15, 0.2) is 0 Å². The first kappa shape index (κ1) is 13.0. The Kier molecular flexibility index (Phi) is 6.41. The molecular weight excluding hydrogens is 217 g/mol. The largest absolute Gasteiger partial charge is 0.479 e. The van der Waals surface area contributed by atoms with Gasteiger partial charge in [0, 0.05) is 13.1 Å². The van der Waals surface area contributed by atoms with Gasteiger partial charge in [-0.2, -0.15) is 0 Å². The van der Waals surface area contributed by atoms with Crippen molar-refractivity contribution in [2.75, 3.05) is 26.3 Å². The Balaban J connectivity index is 0.000000223. The number of nitrogens with one attached hydrogen (secondary N) is 1. The smallest absolute Gasteiger partial charge is 0.339 e. The van der Waals surface area contributed by atoms with Crippen LogP contribution < -0.4 is 5.32 Å². The van der Waals surface area contributed by atoms with Gasteiger partial charge in [0.1, 0.15) is 0 Å². The van der Waals surface area contributed by atoms with Crippen molar-refractivity contribution in [2.45, 2.75) is 11.3 Å². The van der Waals surface area contributed by atoms with E-state index in [1.165, 1.54) is 6.92 Å². The molecule has 0 unspecified atom stereocenters. The van der Waals surface area contributed by atoms with E-state index in [9.17, 15) is 4.79 Å². The van der Waals surface area contributed by atoms with E-state index in [0.717, 1.165) is 26.3 Å². The summed E-state index contributed by atoms with van der Waals surface area (Å²) in [6.07, 6.45) is 0. The molecule has 0 saturated carbocycles. The third-order valence-electron chi connectivity index (χ3n) is 1.22. The van der Waals surface area contributed by atoms with Crippen LogP contribution in [0.5, 0.6) is 0 Å². The summed E-state index contributed by atoms with van der Waals surface area (Å²) in [5, 5.41) is 11.1. The van der Waals surface area contributed by atoms with Crippen molar-refractivity contribution in [3.8, 4) is 0 Å². The van der Waals surface area contributed by atoms with E-state index in [1.807, 2.05) is 0 Å². The third kappa shape index (κ3) is 8.30. The molecule has 1 heterocycles. The van der Waals surface area contributed by atoms with Gasteiger partial charge >= 0.3 is 5.97 Å². The van der Waals surface area contributed by atoms with Gasteiger partial charge in [0.2, 0.25) is 4.33 Å².